The average molecular weight is 304 g/mol. The molecule has 1 unspecified atom stereocenters. The molecule has 8 nitrogen and oxygen atoms in total. The third-order valence-corrected chi connectivity index (χ3v) is 3.55. The topological polar surface area (TPSA) is 119 Å². The maximum Gasteiger partial charge on any atom is 0.420 e. The van der Waals surface area contributed by atoms with Crippen molar-refractivity contribution in [2.75, 3.05) is 0 Å². The fraction of sp³-hybridized carbons (Fsp3) is 0.286. The molecular formula is C14H12N2O6. The molecule has 3 rings (SSSR count). The number of amides is 2. The minimum absolute atomic E-state index is 0.129. The van der Waals surface area contributed by atoms with E-state index < -0.39 is 23.7 Å². The molecule has 0 spiro atoms. The summed E-state index contributed by atoms with van der Waals surface area (Å²) >= 11 is 0. The molecule has 8 heteroatoms. The van der Waals surface area contributed by atoms with E-state index in [1.807, 2.05) is 0 Å². The Labute approximate surface area is 123 Å². The molecule has 0 aliphatic carbocycles. The molecule has 1 aromatic carbocycles. The van der Waals surface area contributed by atoms with Gasteiger partial charge in [-0.05, 0) is 24.1 Å². The monoisotopic (exact) mass is 304 g/mol. The smallest absolute Gasteiger partial charge is 0.420 e. The van der Waals surface area contributed by atoms with Crippen LogP contribution in [0.15, 0.2) is 27.4 Å². The van der Waals surface area contributed by atoms with E-state index in [1.165, 1.54) is 16.7 Å². The Morgan fingerprint density at radius 1 is 1.36 bits per heavy atom. The first-order valence-corrected chi connectivity index (χ1v) is 6.65. The lowest BCUT2D eigenvalue weighted by atomic mass is 10.1. The van der Waals surface area contributed by atoms with Crippen molar-refractivity contribution in [3.8, 4) is 0 Å². The number of benzene rings is 1. The van der Waals surface area contributed by atoms with Gasteiger partial charge in [0.05, 0.1) is 11.9 Å². The standard InChI is InChI=1S/C14H12N2O6/c17-11-4-2-8(13(20)15-11)16-9-5-7(6-12(18)19)1-3-10(9)22-14(16)21/h1,3,5,8H,2,4,6H2,(H,18,19)(H,15,17,20). The quantitative estimate of drug-likeness (QED) is 0.782. The van der Waals surface area contributed by atoms with Crippen LogP contribution in [-0.4, -0.2) is 27.5 Å². The number of nitrogens with zero attached hydrogens (tertiary/aromatic N) is 1. The SMILES string of the molecule is O=C(O)Cc1ccc2oc(=O)n(C3CCC(=O)NC3=O)c2c1. The first-order chi connectivity index (χ1) is 10.5. The van der Waals surface area contributed by atoms with Crippen molar-refractivity contribution in [2.45, 2.75) is 25.3 Å². The maximum atomic E-state index is 12.0. The second-order valence-electron chi connectivity index (χ2n) is 5.08. The van der Waals surface area contributed by atoms with Crippen LogP contribution in [0.3, 0.4) is 0 Å². The van der Waals surface area contributed by atoms with Crippen LogP contribution in [0.4, 0.5) is 0 Å². The zero-order chi connectivity index (χ0) is 15.9. The van der Waals surface area contributed by atoms with E-state index in [-0.39, 0.29) is 30.8 Å². The Kier molecular flexibility index (Phi) is 3.28. The van der Waals surface area contributed by atoms with Gasteiger partial charge in [0.1, 0.15) is 6.04 Å². The summed E-state index contributed by atoms with van der Waals surface area (Å²) in [6.45, 7) is 0. The fourth-order valence-corrected chi connectivity index (χ4v) is 2.59. The third-order valence-electron chi connectivity index (χ3n) is 3.55. The normalized spacial score (nSPS) is 18.5. The van der Waals surface area contributed by atoms with E-state index in [1.54, 1.807) is 6.07 Å². The Morgan fingerprint density at radius 3 is 2.82 bits per heavy atom. The van der Waals surface area contributed by atoms with Crippen LogP contribution in [0.25, 0.3) is 11.1 Å². The Morgan fingerprint density at radius 2 is 2.14 bits per heavy atom. The molecule has 0 bridgehead atoms. The van der Waals surface area contributed by atoms with Gasteiger partial charge >= 0.3 is 11.7 Å². The summed E-state index contributed by atoms with van der Waals surface area (Å²) in [5.74, 6) is -2.66. The number of carboxylic acid groups (broad SMARTS) is 1. The predicted octanol–water partition coefficient (Wildman–Crippen LogP) is 0.199. The number of carboxylic acids is 1. The third kappa shape index (κ3) is 2.39. The van der Waals surface area contributed by atoms with Crippen molar-refractivity contribution in [3.05, 3.63) is 34.3 Å². The molecule has 22 heavy (non-hydrogen) atoms. The van der Waals surface area contributed by atoms with Gasteiger partial charge in [0, 0.05) is 6.42 Å². The number of aliphatic carboxylic acids is 1. The van der Waals surface area contributed by atoms with Crippen molar-refractivity contribution in [1.82, 2.24) is 9.88 Å². The first kappa shape index (κ1) is 14.1. The second kappa shape index (κ2) is 5.14. The molecule has 2 N–H and O–H groups in total. The van der Waals surface area contributed by atoms with Gasteiger partial charge in [0.2, 0.25) is 11.8 Å². The zero-order valence-corrected chi connectivity index (χ0v) is 11.4. The highest BCUT2D eigenvalue weighted by molar-refractivity contribution is 6.00. The molecule has 0 radical (unpaired) electrons. The summed E-state index contributed by atoms with van der Waals surface area (Å²) in [6, 6.07) is 3.72. The average Bonchev–Trinajstić information content (AvgIpc) is 2.74. The minimum atomic E-state index is -1.00. The highest BCUT2D eigenvalue weighted by atomic mass is 16.4. The summed E-state index contributed by atoms with van der Waals surface area (Å²) in [5, 5.41) is 11.0. The summed E-state index contributed by atoms with van der Waals surface area (Å²) in [6.07, 6.45) is 0.122. The van der Waals surface area contributed by atoms with Gasteiger partial charge in [-0.25, -0.2) is 4.79 Å². The maximum absolute atomic E-state index is 12.0. The van der Waals surface area contributed by atoms with E-state index >= 15 is 0 Å². The molecule has 1 aliphatic rings. The first-order valence-electron chi connectivity index (χ1n) is 6.65. The number of carbonyl (C=O) groups excluding carboxylic acids is 2. The van der Waals surface area contributed by atoms with Crippen LogP contribution in [-0.2, 0) is 20.8 Å². The number of aromatic nitrogens is 1. The molecule has 2 aromatic rings. The highest BCUT2D eigenvalue weighted by Gasteiger charge is 2.31. The number of nitrogens with one attached hydrogen (secondary N) is 1. The van der Waals surface area contributed by atoms with E-state index in [2.05, 4.69) is 5.32 Å². The van der Waals surface area contributed by atoms with Gasteiger partial charge in [-0.15, -0.1) is 0 Å². The molecule has 1 aliphatic heterocycles. The van der Waals surface area contributed by atoms with Crippen LogP contribution in [0.1, 0.15) is 24.4 Å². The van der Waals surface area contributed by atoms with E-state index in [4.69, 9.17) is 9.52 Å². The number of hydrogen-bond donors (Lipinski definition) is 2. The van der Waals surface area contributed by atoms with Gasteiger partial charge in [0.25, 0.3) is 0 Å². The Bertz CT molecular complexity index is 847. The molecule has 114 valence electrons. The van der Waals surface area contributed by atoms with Crippen LogP contribution < -0.4 is 11.1 Å². The lowest BCUT2D eigenvalue weighted by Gasteiger charge is -2.21. The minimum Gasteiger partial charge on any atom is -0.481 e. The molecule has 1 fully saturated rings. The highest BCUT2D eigenvalue weighted by Crippen LogP contribution is 2.24. The molecular weight excluding hydrogens is 292 g/mol. The lowest BCUT2D eigenvalue weighted by Crippen LogP contribution is -2.43. The van der Waals surface area contributed by atoms with Crippen LogP contribution in [0.2, 0.25) is 0 Å². The zero-order valence-electron chi connectivity index (χ0n) is 11.4. The predicted molar refractivity (Wildman–Crippen MR) is 73.2 cm³/mol. The number of rotatable bonds is 3. The lowest BCUT2D eigenvalue weighted by molar-refractivity contribution is -0.137. The molecule has 2 amide bonds. The van der Waals surface area contributed by atoms with Crippen molar-refractivity contribution >= 4 is 28.9 Å². The van der Waals surface area contributed by atoms with E-state index in [0.717, 1.165) is 0 Å². The van der Waals surface area contributed by atoms with E-state index in [0.29, 0.717) is 11.1 Å². The van der Waals surface area contributed by atoms with Gasteiger partial charge in [0.15, 0.2) is 5.58 Å². The largest absolute Gasteiger partial charge is 0.481 e. The number of imide groups is 1. The van der Waals surface area contributed by atoms with Gasteiger partial charge in [-0.3, -0.25) is 24.3 Å². The van der Waals surface area contributed by atoms with Crippen LogP contribution >= 0.6 is 0 Å². The number of fused-ring (bicyclic) bond motifs is 1. The molecule has 1 aromatic heterocycles. The van der Waals surface area contributed by atoms with Gasteiger partial charge < -0.3 is 9.52 Å². The van der Waals surface area contributed by atoms with Crippen molar-refractivity contribution in [2.24, 2.45) is 0 Å². The molecule has 0 saturated carbocycles. The van der Waals surface area contributed by atoms with Gasteiger partial charge in [-0.2, -0.15) is 0 Å². The van der Waals surface area contributed by atoms with Gasteiger partial charge in [-0.1, -0.05) is 6.07 Å². The van der Waals surface area contributed by atoms with Crippen LogP contribution in [0.5, 0.6) is 0 Å². The number of hydrogen-bond acceptors (Lipinski definition) is 5. The Hall–Kier alpha value is -2.90. The van der Waals surface area contributed by atoms with Crippen molar-refractivity contribution in [3.63, 3.8) is 0 Å². The summed E-state index contributed by atoms with van der Waals surface area (Å²) in [7, 11) is 0. The van der Waals surface area contributed by atoms with Crippen molar-refractivity contribution < 1.29 is 23.9 Å². The summed E-state index contributed by atoms with van der Waals surface area (Å²) in [5.41, 5.74) is 1.10. The molecule has 2 heterocycles. The number of oxazole rings is 1. The number of piperidine rings is 1. The molecule has 1 saturated heterocycles. The van der Waals surface area contributed by atoms with Crippen LogP contribution in [0, 0.1) is 0 Å². The summed E-state index contributed by atoms with van der Waals surface area (Å²) in [4.78, 5) is 45.9. The second-order valence-corrected chi connectivity index (χ2v) is 5.08. The van der Waals surface area contributed by atoms with E-state index in [9.17, 15) is 19.2 Å². The van der Waals surface area contributed by atoms with Crippen molar-refractivity contribution in [1.29, 1.82) is 0 Å². The fourth-order valence-electron chi connectivity index (χ4n) is 2.59. The summed E-state index contributed by atoms with van der Waals surface area (Å²) < 4.78 is 6.25. The Balaban J connectivity index is 2.10. The number of carbonyl (C=O) groups is 3. The molecule has 1 atom stereocenters.